The summed E-state index contributed by atoms with van der Waals surface area (Å²) < 4.78 is 0. The Balaban J connectivity index is 2.26. The first kappa shape index (κ1) is 9.24. The van der Waals surface area contributed by atoms with Crippen molar-refractivity contribution in [3.63, 3.8) is 0 Å². The summed E-state index contributed by atoms with van der Waals surface area (Å²) in [5.74, 6) is 0.677. The molecule has 1 N–H and O–H groups in total. The van der Waals surface area contributed by atoms with Gasteiger partial charge in [-0.3, -0.25) is 4.79 Å². The summed E-state index contributed by atoms with van der Waals surface area (Å²) in [5, 5.41) is 0. The highest BCUT2D eigenvalue weighted by Crippen LogP contribution is 2.14. The molecule has 2 heterocycles. The molecule has 4 heteroatoms. The minimum Gasteiger partial charge on any atom is -0.366 e. The summed E-state index contributed by atoms with van der Waals surface area (Å²) in [6.07, 6.45) is 5.30. The Kier molecular flexibility index (Phi) is 2.52. The van der Waals surface area contributed by atoms with Crippen LogP contribution in [0, 0.1) is 6.92 Å². The highest BCUT2D eigenvalue weighted by atomic mass is 16.1. The van der Waals surface area contributed by atoms with Crippen molar-refractivity contribution >= 4 is 5.69 Å². The Hall–Kier alpha value is -1.32. The number of rotatable bonds is 1. The third kappa shape index (κ3) is 1.78. The number of aromatic nitrogens is 2. The zero-order valence-corrected chi connectivity index (χ0v) is 8.42. The minimum absolute atomic E-state index is 0.0144. The molecule has 0 saturated carbocycles. The number of piperidine rings is 1. The van der Waals surface area contributed by atoms with Crippen LogP contribution < -0.4 is 10.5 Å². The topological polar surface area (TPSA) is 49.0 Å². The van der Waals surface area contributed by atoms with E-state index in [4.69, 9.17) is 0 Å². The van der Waals surface area contributed by atoms with Crippen LogP contribution in [0.5, 0.6) is 0 Å². The fraction of sp³-hybridized carbons (Fsp3) is 0.600. The van der Waals surface area contributed by atoms with Gasteiger partial charge in [0.2, 0.25) is 0 Å². The number of hydrogen-bond donors (Lipinski definition) is 1. The zero-order valence-electron chi connectivity index (χ0n) is 8.42. The highest BCUT2D eigenvalue weighted by Gasteiger charge is 2.13. The molecule has 1 aromatic heterocycles. The zero-order chi connectivity index (χ0) is 9.97. The molecule has 2 rings (SSSR count). The third-order valence-electron chi connectivity index (χ3n) is 2.60. The van der Waals surface area contributed by atoms with Crippen LogP contribution >= 0.6 is 0 Å². The van der Waals surface area contributed by atoms with Crippen LogP contribution in [0.2, 0.25) is 0 Å². The van der Waals surface area contributed by atoms with E-state index in [1.54, 1.807) is 13.1 Å². The molecule has 4 nitrogen and oxygen atoms in total. The van der Waals surface area contributed by atoms with Gasteiger partial charge in [-0.1, -0.05) is 0 Å². The van der Waals surface area contributed by atoms with Gasteiger partial charge in [0.25, 0.3) is 5.56 Å². The monoisotopic (exact) mass is 193 g/mol. The number of aromatic amines is 1. The molecule has 0 atom stereocenters. The maximum absolute atomic E-state index is 11.6. The fourth-order valence-corrected chi connectivity index (χ4v) is 1.84. The molecule has 0 unspecified atom stereocenters. The molecule has 1 fully saturated rings. The molecule has 0 radical (unpaired) electrons. The average Bonchev–Trinajstić information content (AvgIpc) is 2.19. The van der Waals surface area contributed by atoms with Gasteiger partial charge in [0.05, 0.1) is 6.20 Å². The Morgan fingerprint density at radius 2 is 2.07 bits per heavy atom. The van der Waals surface area contributed by atoms with E-state index in [0.717, 1.165) is 18.8 Å². The number of H-pyrrole nitrogens is 1. The summed E-state index contributed by atoms with van der Waals surface area (Å²) in [4.78, 5) is 20.6. The van der Waals surface area contributed by atoms with Gasteiger partial charge in [0, 0.05) is 13.1 Å². The summed E-state index contributed by atoms with van der Waals surface area (Å²) >= 11 is 0. The van der Waals surface area contributed by atoms with Gasteiger partial charge in [-0.05, 0) is 26.2 Å². The summed E-state index contributed by atoms with van der Waals surface area (Å²) in [7, 11) is 0. The molecule has 1 saturated heterocycles. The fourth-order valence-electron chi connectivity index (χ4n) is 1.84. The van der Waals surface area contributed by atoms with Gasteiger partial charge in [-0.2, -0.15) is 0 Å². The molecular formula is C10H15N3O. The number of aryl methyl sites for hydroxylation is 1. The van der Waals surface area contributed by atoms with Crippen molar-refractivity contribution in [3.8, 4) is 0 Å². The van der Waals surface area contributed by atoms with E-state index in [9.17, 15) is 4.79 Å². The first-order chi connectivity index (χ1) is 6.77. The molecular weight excluding hydrogens is 178 g/mol. The van der Waals surface area contributed by atoms with Gasteiger partial charge in [0.1, 0.15) is 11.5 Å². The SMILES string of the molecule is Cc1ncc(N2CCCCC2)c(=O)[nH]1. The third-order valence-corrected chi connectivity index (χ3v) is 2.60. The first-order valence-electron chi connectivity index (χ1n) is 5.08. The van der Waals surface area contributed by atoms with Gasteiger partial charge < -0.3 is 9.88 Å². The molecule has 0 spiro atoms. The number of hydrogen-bond acceptors (Lipinski definition) is 3. The lowest BCUT2D eigenvalue weighted by Crippen LogP contribution is -2.34. The lowest BCUT2D eigenvalue weighted by Gasteiger charge is -2.27. The lowest BCUT2D eigenvalue weighted by atomic mass is 10.1. The van der Waals surface area contributed by atoms with Crippen LogP contribution in [-0.4, -0.2) is 23.1 Å². The van der Waals surface area contributed by atoms with Gasteiger partial charge in [-0.25, -0.2) is 4.98 Å². The lowest BCUT2D eigenvalue weighted by molar-refractivity contribution is 0.575. The summed E-state index contributed by atoms with van der Waals surface area (Å²) in [6, 6.07) is 0. The van der Waals surface area contributed by atoms with Crippen molar-refractivity contribution in [2.45, 2.75) is 26.2 Å². The van der Waals surface area contributed by atoms with E-state index in [0.29, 0.717) is 5.82 Å². The molecule has 14 heavy (non-hydrogen) atoms. The molecule has 1 aromatic rings. The van der Waals surface area contributed by atoms with Gasteiger partial charge in [-0.15, -0.1) is 0 Å². The van der Waals surface area contributed by atoms with Crippen molar-refractivity contribution in [2.75, 3.05) is 18.0 Å². The number of anilines is 1. The summed E-state index contributed by atoms with van der Waals surface area (Å²) in [6.45, 7) is 3.75. The molecule has 0 amide bonds. The number of nitrogens with one attached hydrogen (secondary N) is 1. The first-order valence-corrected chi connectivity index (χ1v) is 5.08. The van der Waals surface area contributed by atoms with Crippen LogP contribution in [0.1, 0.15) is 25.1 Å². The van der Waals surface area contributed by atoms with E-state index in [-0.39, 0.29) is 5.56 Å². The Labute approximate surface area is 83.0 Å². The molecule has 0 aromatic carbocycles. The van der Waals surface area contributed by atoms with Gasteiger partial charge in [0.15, 0.2) is 0 Å². The van der Waals surface area contributed by atoms with Crippen molar-refractivity contribution < 1.29 is 0 Å². The van der Waals surface area contributed by atoms with Crippen LogP contribution in [0.4, 0.5) is 5.69 Å². The number of nitrogens with zero attached hydrogens (tertiary/aromatic N) is 2. The Morgan fingerprint density at radius 3 is 2.71 bits per heavy atom. The normalized spacial score (nSPS) is 17.1. The van der Waals surface area contributed by atoms with E-state index < -0.39 is 0 Å². The molecule has 1 aliphatic rings. The standard InChI is InChI=1S/C10H15N3O/c1-8-11-7-9(10(14)12-8)13-5-3-2-4-6-13/h7H,2-6H2,1H3,(H,11,12,14). The summed E-state index contributed by atoms with van der Waals surface area (Å²) in [5.41, 5.74) is 0.703. The quantitative estimate of drug-likeness (QED) is 0.725. The predicted octanol–water partition coefficient (Wildman–Crippen LogP) is 1.07. The smallest absolute Gasteiger partial charge is 0.274 e. The van der Waals surface area contributed by atoms with Crippen molar-refractivity contribution in [2.24, 2.45) is 0 Å². The van der Waals surface area contributed by atoms with Crippen molar-refractivity contribution in [1.82, 2.24) is 9.97 Å². The minimum atomic E-state index is -0.0144. The Morgan fingerprint density at radius 1 is 1.36 bits per heavy atom. The maximum atomic E-state index is 11.6. The van der Waals surface area contributed by atoms with Crippen molar-refractivity contribution in [3.05, 3.63) is 22.4 Å². The highest BCUT2D eigenvalue weighted by molar-refractivity contribution is 5.42. The Bertz CT molecular complexity index is 366. The van der Waals surface area contributed by atoms with E-state index in [1.165, 1.54) is 19.3 Å². The van der Waals surface area contributed by atoms with Crippen molar-refractivity contribution in [1.29, 1.82) is 0 Å². The van der Waals surface area contributed by atoms with Crippen LogP contribution in [-0.2, 0) is 0 Å². The largest absolute Gasteiger partial charge is 0.366 e. The molecule has 76 valence electrons. The van der Waals surface area contributed by atoms with Crippen LogP contribution in [0.3, 0.4) is 0 Å². The molecule has 0 aliphatic carbocycles. The van der Waals surface area contributed by atoms with Crippen LogP contribution in [0.25, 0.3) is 0 Å². The second-order valence-electron chi connectivity index (χ2n) is 3.73. The molecule has 0 bridgehead atoms. The average molecular weight is 193 g/mol. The van der Waals surface area contributed by atoms with E-state index in [2.05, 4.69) is 14.9 Å². The van der Waals surface area contributed by atoms with Crippen LogP contribution in [0.15, 0.2) is 11.0 Å². The van der Waals surface area contributed by atoms with E-state index >= 15 is 0 Å². The predicted molar refractivity (Wildman–Crippen MR) is 55.7 cm³/mol. The maximum Gasteiger partial charge on any atom is 0.274 e. The second kappa shape index (κ2) is 3.82. The van der Waals surface area contributed by atoms with E-state index in [1.807, 2.05) is 0 Å². The molecule has 1 aliphatic heterocycles. The second-order valence-corrected chi connectivity index (χ2v) is 3.73. The van der Waals surface area contributed by atoms with Gasteiger partial charge >= 0.3 is 0 Å².